The second kappa shape index (κ2) is 8.51. The summed E-state index contributed by atoms with van der Waals surface area (Å²) in [5.74, 6) is 1.61. The fourth-order valence-corrected chi connectivity index (χ4v) is 5.34. The van der Waals surface area contributed by atoms with Gasteiger partial charge in [-0.2, -0.15) is 0 Å². The summed E-state index contributed by atoms with van der Waals surface area (Å²) in [6.07, 6.45) is 3.43. The molecule has 0 amide bonds. The molecule has 0 N–H and O–H groups in total. The molecule has 2 heterocycles. The van der Waals surface area contributed by atoms with Crippen molar-refractivity contribution in [3.05, 3.63) is 107 Å². The Balaban J connectivity index is 1.30. The number of benzene rings is 3. The SMILES string of the molecule is c1ccc(CC2COC(C3(C4=NC(Cc5ccccc5)CO4)Cc4ccccc4C3)=N2)cc1. The average Bonchev–Trinajstić information content (AvgIpc) is 3.59. The molecule has 0 spiro atoms. The van der Waals surface area contributed by atoms with Gasteiger partial charge in [0.25, 0.3) is 0 Å². The molecule has 166 valence electrons. The highest BCUT2D eigenvalue weighted by atomic mass is 16.5. The number of hydrogen-bond acceptors (Lipinski definition) is 4. The van der Waals surface area contributed by atoms with Crippen molar-refractivity contribution in [2.75, 3.05) is 13.2 Å². The molecular formula is C29H28N2O2. The Hall–Kier alpha value is -3.40. The van der Waals surface area contributed by atoms with Gasteiger partial charge < -0.3 is 9.47 Å². The summed E-state index contributed by atoms with van der Waals surface area (Å²) in [6, 6.07) is 30.0. The van der Waals surface area contributed by atoms with Crippen LogP contribution in [0.1, 0.15) is 22.3 Å². The quantitative estimate of drug-likeness (QED) is 0.554. The first kappa shape index (κ1) is 20.2. The normalized spacial score (nSPS) is 22.8. The molecule has 3 aliphatic rings. The van der Waals surface area contributed by atoms with Gasteiger partial charge in [0.15, 0.2) is 11.8 Å². The van der Waals surface area contributed by atoms with E-state index in [0.29, 0.717) is 13.2 Å². The third kappa shape index (κ3) is 3.95. The van der Waals surface area contributed by atoms with Crippen molar-refractivity contribution < 1.29 is 9.47 Å². The van der Waals surface area contributed by atoms with Crippen molar-refractivity contribution in [2.24, 2.45) is 15.4 Å². The molecule has 1 aliphatic carbocycles. The molecule has 2 aliphatic heterocycles. The van der Waals surface area contributed by atoms with Gasteiger partial charge in [-0.05, 0) is 47.9 Å². The Kier molecular flexibility index (Phi) is 5.21. The Bertz CT molecular complexity index is 1090. The van der Waals surface area contributed by atoms with Gasteiger partial charge in [-0.25, -0.2) is 9.98 Å². The van der Waals surface area contributed by atoms with Crippen LogP contribution in [0.25, 0.3) is 0 Å². The van der Waals surface area contributed by atoms with E-state index in [4.69, 9.17) is 19.5 Å². The maximum absolute atomic E-state index is 6.31. The topological polar surface area (TPSA) is 43.2 Å². The van der Waals surface area contributed by atoms with Crippen molar-refractivity contribution >= 4 is 11.8 Å². The van der Waals surface area contributed by atoms with Gasteiger partial charge in [0.05, 0.1) is 12.1 Å². The number of aliphatic imine (C=N–C) groups is 2. The van der Waals surface area contributed by atoms with Gasteiger partial charge in [0.1, 0.15) is 18.6 Å². The zero-order valence-electron chi connectivity index (χ0n) is 18.7. The predicted octanol–water partition coefficient (Wildman–Crippen LogP) is 4.85. The van der Waals surface area contributed by atoms with E-state index >= 15 is 0 Å². The van der Waals surface area contributed by atoms with Crippen LogP contribution in [-0.2, 0) is 35.2 Å². The highest BCUT2D eigenvalue weighted by Gasteiger charge is 2.52. The number of hydrogen-bond donors (Lipinski definition) is 0. The highest BCUT2D eigenvalue weighted by Crippen LogP contribution is 2.43. The van der Waals surface area contributed by atoms with E-state index in [1.807, 2.05) is 0 Å². The van der Waals surface area contributed by atoms with E-state index in [1.54, 1.807) is 0 Å². The summed E-state index contributed by atoms with van der Waals surface area (Å²) in [4.78, 5) is 10.2. The number of rotatable bonds is 6. The minimum Gasteiger partial charge on any atom is -0.478 e. The summed E-state index contributed by atoms with van der Waals surface area (Å²) in [6.45, 7) is 1.23. The molecule has 0 saturated carbocycles. The lowest BCUT2D eigenvalue weighted by Crippen LogP contribution is -2.41. The lowest BCUT2D eigenvalue weighted by Gasteiger charge is -2.27. The monoisotopic (exact) mass is 436 g/mol. The van der Waals surface area contributed by atoms with E-state index in [1.165, 1.54) is 22.3 Å². The summed E-state index contributed by atoms with van der Waals surface area (Å²) < 4.78 is 12.6. The molecule has 2 unspecified atom stereocenters. The van der Waals surface area contributed by atoms with Crippen LogP contribution in [0.4, 0.5) is 0 Å². The van der Waals surface area contributed by atoms with Gasteiger partial charge in [-0.15, -0.1) is 0 Å². The van der Waals surface area contributed by atoms with Crippen molar-refractivity contribution in [1.29, 1.82) is 0 Å². The van der Waals surface area contributed by atoms with Crippen LogP contribution in [-0.4, -0.2) is 37.1 Å². The van der Waals surface area contributed by atoms with Gasteiger partial charge >= 0.3 is 0 Å². The van der Waals surface area contributed by atoms with Crippen molar-refractivity contribution in [2.45, 2.75) is 37.8 Å². The lowest BCUT2D eigenvalue weighted by molar-refractivity contribution is 0.253. The van der Waals surface area contributed by atoms with Crippen LogP contribution in [0.2, 0.25) is 0 Å². The molecule has 0 radical (unpaired) electrons. The largest absolute Gasteiger partial charge is 0.478 e. The number of nitrogens with zero attached hydrogens (tertiary/aromatic N) is 2. The first-order valence-corrected chi connectivity index (χ1v) is 11.9. The van der Waals surface area contributed by atoms with Gasteiger partial charge in [-0.1, -0.05) is 84.9 Å². The maximum atomic E-state index is 6.31. The fraction of sp³-hybridized carbons (Fsp3) is 0.310. The molecule has 4 heteroatoms. The third-order valence-electron chi connectivity index (χ3n) is 6.97. The molecule has 2 atom stereocenters. The molecule has 0 bridgehead atoms. The maximum Gasteiger partial charge on any atom is 0.200 e. The van der Waals surface area contributed by atoms with E-state index < -0.39 is 5.41 Å². The number of ether oxygens (including phenoxy) is 2. The van der Waals surface area contributed by atoms with Crippen molar-refractivity contribution in [1.82, 2.24) is 0 Å². The van der Waals surface area contributed by atoms with Crippen LogP contribution in [0.3, 0.4) is 0 Å². The van der Waals surface area contributed by atoms with Crippen LogP contribution < -0.4 is 0 Å². The second-order valence-corrected chi connectivity index (χ2v) is 9.38. The standard InChI is InChI=1S/C29H28N2O2/c1-3-9-21(10-4-1)15-25-19-32-27(30-25)29(17-23-13-7-8-14-24(23)18-29)28-31-26(20-33-28)16-22-11-5-2-6-12-22/h1-14,25-26H,15-20H2. The van der Waals surface area contributed by atoms with E-state index in [0.717, 1.165) is 37.5 Å². The average molecular weight is 437 g/mol. The Morgan fingerprint density at radius 3 is 1.48 bits per heavy atom. The van der Waals surface area contributed by atoms with Crippen LogP contribution >= 0.6 is 0 Å². The Morgan fingerprint density at radius 2 is 1.03 bits per heavy atom. The smallest absolute Gasteiger partial charge is 0.200 e. The molecule has 33 heavy (non-hydrogen) atoms. The van der Waals surface area contributed by atoms with Gasteiger partial charge in [0.2, 0.25) is 0 Å². The summed E-state index contributed by atoms with van der Waals surface area (Å²) in [5.41, 5.74) is 4.83. The van der Waals surface area contributed by atoms with Crippen LogP contribution in [0.15, 0.2) is 94.9 Å². The number of fused-ring (bicyclic) bond motifs is 1. The Labute approximate surface area is 195 Å². The minimum atomic E-state index is -0.430. The van der Waals surface area contributed by atoms with Crippen LogP contribution in [0, 0.1) is 5.41 Å². The Morgan fingerprint density at radius 1 is 0.606 bits per heavy atom. The minimum absolute atomic E-state index is 0.130. The van der Waals surface area contributed by atoms with Gasteiger partial charge in [0, 0.05) is 0 Å². The van der Waals surface area contributed by atoms with Crippen LogP contribution in [0.5, 0.6) is 0 Å². The van der Waals surface area contributed by atoms with Gasteiger partial charge in [-0.3, -0.25) is 0 Å². The van der Waals surface area contributed by atoms with E-state index in [9.17, 15) is 0 Å². The summed E-state index contributed by atoms with van der Waals surface area (Å²) in [5, 5.41) is 0. The second-order valence-electron chi connectivity index (χ2n) is 9.38. The molecular weight excluding hydrogens is 408 g/mol. The molecule has 6 rings (SSSR count). The van der Waals surface area contributed by atoms with Crippen molar-refractivity contribution in [3.8, 4) is 0 Å². The van der Waals surface area contributed by atoms with E-state index in [-0.39, 0.29) is 12.1 Å². The fourth-order valence-electron chi connectivity index (χ4n) is 5.34. The molecule has 3 aromatic carbocycles. The highest BCUT2D eigenvalue weighted by molar-refractivity contribution is 6.07. The first-order valence-electron chi connectivity index (χ1n) is 11.9. The lowest BCUT2D eigenvalue weighted by atomic mass is 9.83. The molecule has 0 aromatic heterocycles. The van der Waals surface area contributed by atoms with Crippen molar-refractivity contribution in [3.63, 3.8) is 0 Å². The molecule has 0 saturated heterocycles. The zero-order chi connectivity index (χ0) is 22.1. The molecule has 3 aromatic rings. The first-order chi connectivity index (χ1) is 16.3. The molecule has 4 nitrogen and oxygen atoms in total. The third-order valence-corrected chi connectivity index (χ3v) is 6.97. The summed E-state index contributed by atoms with van der Waals surface area (Å²) >= 11 is 0. The summed E-state index contributed by atoms with van der Waals surface area (Å²) in [7, 11) is 0. The van der Waals surface area contributed by atoms with E-state index in [2.05, 4.69) is 84.9 Å². The predicted molar refractivity (Wildman–Crippen MR) is 131 cm³/mol. The molecule has 0 fully saturated rings. The zero-order valence-corrected chi connectivity index (χ0v) is 18.7.